The standard InChI is InChI=1S/C17H16F2O3/c1-2-22-17(21)10-14(11-3-6-13(20)7-4-11)15-9-12(18)5-8-16(15)19/h3-9,14,20H,2,10H2,1H3/t14-/m1/s1. The summed E-state index contributed by atoms with van der Waals surface area (Å²) < 4.78 is 32.4. The Morgan fingerprint density at radius 3 is 2.50 bits per heavy atom. The average molecular weight is 306 g/mol. The average Bonchev–Trinajstić information content (AvgIpc) is 2.49. The van der Waals surface area contributed by atoms with Crippen molar-refractivity contribution in [3.8, 4) is 5.75 Å². The second-order valence-corrected chi connectivity index (χ2v) is 4.82. The van der Waals surface area contributed by atoms with E-state index >= 15 is 0 Å². The molecule has 1 N–H and O–H groups in total. The zero-order valence-electron chi connectivity index (χ0n) is 12.1. The summed E-state index contributed by atoms with van der Waals surface area (Å²) in [5, 5.41) is 9.35. The fraction of sp³-hybridized carbons (Fsp3) is 0.235. The number of aromatic hydroxyl groups is 1. The van der Waals surface area contributed by atoms with Crippen LogP contribution in [0.4, 0.5) is 8.78 Å². The van der Waals surface area contributed by atoms with Crippen LogP contribution in [0, 0.1) is 11.6 Å². The number of halogens is 2. The summed E-state index contributed by atoms with van der Waals surface area (Å²) in [5.41, 5.74) is 0.675. The first-order chi connectivity index (χ1) is 10.5. The third-order valence-corrected chi connectivity index (χ3v) is 3.31. The van der Waals surface area contributed by atoms with Gasteiger partial charge in [-0.1, -0.05) is 12.1 Å². The smallest absolute Gasteiger partial charge is 0.306 e. The SMILES string of the molecule is CCOC(=O)C[C@H](c1ccc(O)cc1)c1cc(F)ccc1F. The monoisotopic (exact) mass is 306 g/mol. The summed E-state index contributed by atoms with van der Waals surface area (Å²) in [6.45, 7) is 1.89. The first-order valence-electron chi connectivity index (χ1n) is 6.90. The number of phenols is 1. The van der Waals surface area contributed by atoms with Crippen LogP contribution in [0.5, 0.6) is 5.75 Å². The van der Waals surface area contributed by atoms with E-state index in [0.29, 0.717) is 5.56 Å². The van der Waals surface area contributed by atoms with E-state index in [1.54, 1.807) is 19.1 Å². The van der Waals surface area contributed by atoms with Crippen molar-refractivity contribution >= 4 is 5.97 Å². The largest absolute Gasteiger partial charge is 0.508 e. The number of ether oxygens (including phenoxy) is 1. The Morgan fingerprint density at radius 2 is 1.86 bits per heavy atom. The lowest BCUT2D eigenvalue weighted by Gasteiger charge is -2.18. The molecule has 5 heteroatoms. The predicted molar refractivity (Wildman–Crippen MR) is 77.6 cm³/mol. The molecular formula is C17H16F2O3. The van der Waals surface area contributed by atoms with Crippen molar-refractivity contribution in [2.75, 3.05) is 6.61 Å². The van der Waals surface area contributed by atoms with E-state index in [0.717, 1.165) is 18.2 Å². The van der Waals surface area contributed by atoms with Gasteiger partial charge in [-0.25, -0.2) is 8.78 Å². The molecule has 0 unspecified atom stereocenters. The number of carbonyl (C=O) groups is 1. The number of hydrogen-bond donors (Lipinski definition) is 1. The molecule has 1 atom stereocenters. The van der Waals surface area contributed by atoms with Crippen LogP contribution in [-0.4, -0.2) is 17.7 Å². The van der Waals surface area contributed by atoms with Crippen molar-refractivity contribution < 1.29 is 23.4 Å². The number of rotatable bonds is 5. The van der Waals surface area contributed by atoms with Crippen LogP contribution in [0.3, 0.4) is 0 Å². The fourth-order valence-corrected chi connectivity index (χ4v) is 2.28. The van der Waals surface area contributed by atoms with Crippen molar-refractivity contribution in [1.82, 2.24) is 0 Å². The molecule has 2 aromatic carbocycles. The van der Waals surface area contributed by atoms with Crippen LogP contribution in [0.2, 0.25) is 0 Å². The molecule has 2 rings (SSSR count). The summed E-state index contributed by atoms with van der Waals surface area (Å²) in [4.78, 5) is 11.8. The van der Waals surface area contributed by atoms with Crippen LogP contribution >= 0.6 is 0 Å². The number of esters is 1. The van der Waals surface area contributed by atoms with Gasteiger partial charge < -0.3 is 9.84 Å². The normalized spacial score (nSPS) is 12.0. The molecule has 0 spiro atoms. The molecule has 0 amide bonds. The van der Waals surface area contributed by atoms with E-state index < -0.39 is 23.5 Å². The van der Waals surface area contributed by atoms with E-state index in [1.807, 2.05) is 0 Å². The lowest BCUT2D eigenvalue weighted by molar-refractivity contribution is -0.143. The molecule has 0 saturated carbocycles. The van der Waals surface area contributed by atoms with Gasteiger partial charge in [0.25, 0.3) is 0 Å². The van der Waals surface area contributed by atoms with Gasteiger partial charge in [0.15, 0.2) is 0 Å². The predicted octanol–water partition coefficient (Wildman–Crippen LogP) is 3.76. The Morgan fingerprint density at radius 1 is 1.18 bits per heavy atom. The molecule has 2 aromatic rings. The van der Waals surface area contributed by atoms with E-state index in [-0.39, 0.29) is 24.3 Å². The molecular weight excluding hydrogens is 290 g/mol. The van der Waals surface area contributed by atoms with Crippen LogP contribution in [0.1, 0.15) is 30.4 Å². The van der Waals surface area contributed by atoms with Gasteiger partial charge in [0.2, 0.25) is 0 Å². The number of carbonyl (C=O) groups excluding carboxylic acids is 1. The molecule has 0 bridgehead atoms. The highest BCUT2D eigenvalue weighted by Gasteiger charge is 2.22. The maximum absolute atomic E-state index is 14.1. The molecule has 0 heterocycles. The zero-order chi connectivity index (χ0) is 16.1. The van der Waals surface area contributed by atoms with Gasteiger partial charge in [0.05, 0.1) is 13.0 Å². The van der Waals surface area contributed by atoms with Crippen LogP contribution in [0.25, 0.3) is 0 Å². The van der Waals surface area contributed by atoms with Crippen molar-refractivity contribution in [2.45, 2.75) is 19.3 Å². The highest BCUT2D eigenvalue weighted by molar-refractivity contribution is 5.71. The van der Waals surface area contributed by atoms with E-state index in [4.69, 9.17) is 4.74 Å². The topological polar surface area (TPSA) is 46.5 Å². The van der Waals surface area contributed by atoms with Gasteiger partial charge in [0.1, 0.15) is 17.4 Å². The van der Waals surface area contributed by atoms with Crippen LogP contribution < -0.4 is 0 Å². The number of phenolic OH excluding ortho intramolecular Hbond substituents is 1. The van der Waals surface area contributed by atoms with Gasteiger partial charge in [-0.3, -0.25) is 4.79 Å². The second-order valence-electron chi connectivity index (χ2n) is 4.82. The third kappa shape index (κ3) is 3.81. The van der Waals surface area contributed by atoms with E-state index in [2.05, 4.69) is 0 Å². The molecule has 0 fully saturated rings. The molecule has 0 aromatic heterocycles. The Labute approximate surface area is 127 Å². The number of benzene rings is 2. The fourth-order valence-electron chi connectivity index (χ4n) is 2.28. The van der Waals surface area contributed by atoms with Crippen LogP contribution in [-0.2, 0) is 9.53 Å². The maximum atomic E-state index is 14.1. The summed E-state index contributed by atoms with van der Waals surface area (Å²) in [6.07, 6.45) is -0.112. The summed E-state index contributed by atoms with van der Waals surface area (Å²) in [5.74, 6) is -2.30. The van der Waals surface area contributed by atoms with Gasteiger partial charge in [-0.15, -0.1) is 0 Å². The van der Waals surface area contributed by atoms with Crippen molar-refractivity contribution in [2.24, 2.45) is 0 Å². The second kappa shape index (κ2) is 7.02. The molecule has 0 aliphatic heterocycles. The van der Waals surface area contributed by atoms with E-state index in [1.165, 1.54) is 12.1 Å². The quantitative estimate of drug-likeness (QED) is 0.856. The van der Waals surface area contributed by atoms with Crippen molar-refractivity contribution in [3.05, 3.63) is 65.2 Å². The lowest BCUT2D eigenvalue weighted by atomic mass is 9.88. The minimum Gasteiger partial charge on any atom is -0.508 e. The first-order valence-corrected chi connectivity index (χ1v) is 6.90. The molecule has 3 nitrogen and oxygen atoms in total. The highest BCUT2D eigenvalue weighted by atomic mass is 19.1. The minimum atomic E-state index is -0.685. The third-order valence-electron chi connectivity index (χ3n) is 3.31. The molecule has 0 radical (unpaired) electrons. The lowest BCUT2D eigenvalue weighted by Crippen LogP contribution is -2.13. The molecule has 116 valence electrons. The highest BCUT2D eigenvalue weighted by Crippen LogP contribution is 2.31. The molecule has 22 heavy (non-hydrogen) atoms. The van der Waals surface area contributed by atoms with Crippen molar-refractivity contribution in [1.29, 1.82) is 0 Å². The first kappa shape index (κ1) is 15.9. The van der Waals surface area contributed by atoms with Gasteiger partial charge >= 0.3 is 5.97 Å². The Hall–Kier alpha value is -2.43. The van der Waals surface area contributed by atoms with E-state index in [9.17, 15) is 18.7 Å². The molecule has 0 saturated heterocycles. The summed E-state index contributed by atoms with van der Waals surface area (Å²) >= 11 is 0. The summed E-state index contributed by atoms with van der Waals surface area (Å²) in [6, 6.07) is 9.15. The Balaban J connectivity index is 2.42. The number of hydrogen-bond acceptors (Lipinski definition) is 3. The molecule has 0 aliphatic carbocycles. The van der Waals surface area contributed by atoms with Gasteiger partial charge in [0, 0.05) is 5.92 Å². The minimum absolute atomic E-state index is 0.0540. The zero-order valence-corrected chi connectivity index (χ0v) is 12.1. The van der Waals surface area contributed by atoms with Gasteiger partial charge in [-0.2, -0.15) is 0 Å². The Kier molecular flexibility index (Phi) is 5.09. The van der Waals surface area contributed by atoms with Crippen molar-refractivity contribution in [3.63, 3.8) is 0 Å². The molecule has 0 aliphatic rings. The Bertz CT molecular complexity index is 653. The van der Waals surface area contributed by atoms with Gasteiger partial charge in [-0.05, 0) is 48.4 Å². The van der Waals surface area contributed by atoms with Crippen LogP contribution in [0.15, 0.2) is 42.5 Å². The maximum Gasteiger partial charge on any atom is 0.306 e. The summed E-state index contributed by atoms with van der Waals surface area (Å²) in [7, 11) is 0.